The summed E-state index contributed by atoms with van der Waals surface area (Å²) in [4.78, 5) is 34.8. The summed E-state index contributed by atoms with van der Waals surface area (Å²) in [5, 5.41) is 10.6. The number of aromatic nitrogens is 9. The number of nitrogens with one attached hydrogen (secondary N) is 2. The fourth-order valence-electron chi connectivity index (χ4n) is 7.74. The van der Waals surface area contributed by atoms with Crippen LogP contribution in [0.25, 0.3) is 10.9 Å². The van der Waals surface area contributed by atoms with Gasteiger partial charge < -0.3 is 14.9 Å². The van der Waals surface area contributed by atoms with Gasteiger partial charge in [0.15, 0.2) is 11.4 Å². The third-order valence-corrected chi connectivity index (χ3v) is 9.38. The molecular weight excluding hydrogens is 596 g/mol. The van der Waals surface area contributed by atoms with Crippen LogP contribution < -0.4 is 4.90 Å². The average Bonchev–Trinajstić information content (AvgIpc) is 3.86. The molecule has 3 atom stereocenters. The first-order valence-corrected chi connectivity index (χ1v) is 15.7. The quantitative estimate of drug-likeness (QED) is 0.216. The molecule has 48 heavy (non-hydrogen) atoms. The molecule has 230 valence electrons. The van der Waals surface area contributed by atoms with Crippen molar-refractivity contribution in [3.05, 3.63) is 187 Å². The summed E-state index contributed by atoms with van der Waals surface area (Å²) >= 11 is 0. The molecule has 1 aliphatic rings. The predicted molar refractivity (Wildman–Crippen MR) is 181 cm³/mol. The number of nitrogens with zero attached hydrogens (tertiary/aromatic N) is 8. The summed E-state index contributed by atoms with van der Waals surface area (Å²) in [6.45, 7) is 0. The molecule has 10 nitrogen and oxygen atoms in total. The van der Waals surface area contributed by atoms with Crippen LogP contribution in [0.5, 0.6) is 0 Å². The van der Waals surface area contributed by atoms with Crippen LogP contribution in [0.1, 0.15) is 40.1 Å². The Morgan fingerprint density at radius 2 is 1.46 bits per heavy atom. The Bertz CT molecular complexity index is 2200. The molecule has 10 heteroatoms. The van der Waals surface area contributed by atoms with Gasteiger partial charge in [-0.05, 0) is 71.6 Å². The molecule has 0 saturated heterocycles. The van der Waals surface area contributed by atoms with Gasteiger partial charge in [0.05, 0.1) is 17.1 Å². The molecule has 0 radical (unpaired) electrons. The van der Waals surface area contributed by atoms with E-state index in [0.29, 0.717) is 22.9 Å². The second-order valence-electron chi connectivity index (χ2n) is 11.7. The van der Waals surface area contributed by atoms with E-state index < -0.39 is 16.9 Å². The topological polar surface area (TPSA) is 125 Å². The standard InChI is InChI=1S/C38H28N10/c1-3-12-28-26(10-1)24-29(46-28)35-27-11-2-4-13-30(27)48(34-16-8-18-42-34)38(32-14-5-6-17-40-32,36-43-19-9-20-44-36)37(35,31-15-7-21-45-47-31)33-25-39-22-23-41-33/h1-25,35,42,46H. The lowest BCUT2D eigenvalue weighted by atomic mass is 9.51. The van der Waals surface area contributed by atoms with Crippen LogP contribution in [0, 0.1) is 0 Å². The van der Waals surface area contributed by atoms with E-state index in [1.165, 1.54) is 0 Å². The van der Waals surface area contributed by atoms with E-state index in [2.05, 4.69) is 79.5 Å². The summed E-state index contributed by atoms with van der Waals surface area (Å²) in [5.74, 6) is 0.865. The molecule has 0 bridgehead atoms. The maximum atomic E-state index is 5.16. The molecule has 3 unspecified atom stereocenters. The Morgan fingerprint density at radius 1 is 0.646 bits per heavy atom. The van der Waals surface area contributed by atoms with Gasteiger partial charge in [-0.2, -0.15) is 10.2 Å². The van der Waals surface area contributed by atoms with Gasteiger partial charge in [0, 0.05) is 72.4 Å². The molecular formula is C38H28N10. The highest BCUT2D eigenvalue weighted by Gasteiger charge is 2.71. The van der Waals surface area contributed by atoms with Crippen LogP contribution in [0.15, 0.2) is 153 Å². The minimum absolute atomic E-state index is 0.452. The first-order valence-electron chi connectivity index (χ1n) is 15.7. The molecule has 2 aromatic carbocycles. The van der Waals surface area contributed by atoms with Crippen molar-refractivity contribution >= 4 is 22.4 Å². The largest absolute Gasteiger partial charge is 0.358 e. The molecule has 2 N–H and O–H groups in total. The molecule has 0 aliphatic carbocycles. The zero-order valence-electron chi connectivity index (χ0n) is 25.6. The van der Waals surface area contributed by atoms with Crippen molar-refractivity contribution in [2.24, 2.45) is 0 Å². The van der Waals surface area contributed by atoms with Crippen molar-refractivity contribution in [2.45, 2.75) is 16.9 Å². The maximum absolute atomic E-state index is 5.16. The van der Waals surface area contributed by atoms with Crippen molar-refractivity contribution < 1.29 is 0 Å². The molecule has 7 heterocycles. The van der Waals surface area contributed by atoms with Crippen molar-refractivity contribution in [3.8, 4) is 0 Å². The Kier molecular flexibility index (Phi) is 6.39. The Balaban J connectivity index is 1.59. The summed E-state index contributed by atoms with van der Waals surface area (Å²) in [6.07, 6.45) is 14.2. The highest BCUT2D eigenvalue weighted by molar-refractivity contribution is 5.83. The Labute approximate surface area is 275 Å². The Hall–Kier alpha value is -6.55. The highest BCUT2D eigenvalue weighted by atomic mass is 15.3. The molecule has 0 amide bonds. The van der Waals surface area contributed by atoms with E-state index in [1.54, 1.807) is 31.0 Å². The van der Waals surface area contributed by atoms with Crippen LogP contribution in [-0.2, 0) is 11.0 Å². The van der Waals surface area contributed by atoms with Gasteiger partial charge in [-0.3, -0.25) is 15.0 Å². The zero-order valence-corrected chi connectivity index (χ0v) is 25.6. The van der Waals surface area contributed by atoms with Crippen molar-refractivity contribution in [1.29, 1.82) is 0 Å². The Morgan fingerprint density at radius 3 is 2.23 bits per heavy atom. The second-order valence-corrected chi connectivity index (χ2v) is 11.7. The van der Waals surface area contributed by atoms with Crippen molar-refractivity contribution in [3.63, 3.8) is 0 Å². The third kappa shape index (κ3) is 3.83. The van der Waals surface area contributed by atoms with Crippen LogP contribution in [-0.4, -0.2) is 45.1 Å². The number of para-hydroxylation sites is 2. The number of H-pyrrole nitrogens is 2. The first kappa shape index (κ1) is 27.7. The molecule has 6 aromatic heterocycles. The predicted octanol–water partition coefficient (Wildman–Crippen LogP) is 6.47. The van der Waals surface area contributed by atoms with Crippen LogP contribution in [0.4, 0.5) is 11.5 Å². The highest BCUT2D eigenvalue weighted by Crippen LogP contribution is 2.67. The van der Waals surface area contributed by atoms with Gasteiger partial charge in [0.2, 0.25) is 0 Å². The lowest BCUT2D eigenvalue weighted by molar-refractivity contribution is 0.228. The lowest BCUT2D eigenvalue weighted by Crippen LogP contribution is -2.67. The van der Waals surface area contributed by atoms with E-state index in [-0.39, 0.29) is 0 Å². The minimum Gasteiger partial charge on any atom is -0.358 e. The number of rotatable bonds is 6. The molecule has 0 spiro atoms. The van der Waals surface area contributed by atoms with E-state index in [9.17, 15) is 0 Å². The number of pyridine rings is 1. The number of benzene rings is 2. The monoisotopic (exact) mass is 624 g/mol. The molecule has 1 aliphatic heterocycles. The summed E-state index contributed by atoms with van der Waals surface area (Å²) in [6, 6.07) is 34.7. The van der Waals surface area contributed by atoms with E-state index >= 15 is 0 Å². The second kappa shape index (κ2) is 11.1. The fraction of sp³-hybridized carbons (Fsp3) is 0.0789. The molecule has 8 aromatic rings. The summed E-state index contributed by atoms with van der Waals surface area (Å²) < 4.78 is 0. The average molecular weight is 625 g/mol. The van der Waals surface area contributed by atoms with Crippen LogP contribution in [0.3, 0.4) is 0 Å². The number of hydrogen-bond donors (Lipinski definition) is 2. The smallest absolute Gasteiger partial charge is 0.166 e. The van der Waals surface area contributed by atoms with Gasteiger partial charge in [0.25, 0.3) is 0 Å². The lowest BCUT2D eigenvalue weighted by Gasteiger charge is -2.60. The van der Waals surface area contributed by atoms with Crippen LogP contribution in [0.2, 0.25) is 0 Å². The normalized spacial score (nSPS) is 20.4. The number of anilines is 2. The summed E-state index contributed by atoms with van der Waals surface area (Å²) in [7, 11) is 0. The van der Waals surface area contributed by atoms with Gasteiger partial charge >= 0.3 is 0 Å². The fourth-order valence-corrected chi connectivity index (χ4v) is 7.74. The zero-order chi connectivity index (χ0) is 32.0. The summed E-state index contributed by atoms with van der Waals surface area (Å²) in [5.41, 5.74) is 3.39. The number of aromatic amines is 2. The minimum atomic E-state index is -1.33. The molecule has 0 saturated carbocycles. The first-order chi connectivity index (χ1) is 23.8. The van der Waals surface area contributed by atoms with Gasteiger partial charge in [-0.25, -0.2) is 9.97 Å². The maximum Gasteiger partial charge on any atom is 0.166 e. The van der Waals surface area contributed by atoms with E-state index in [4.69, 9.17) is 25.0 Å². The molecule has 9 rings (SSSR count). The van der Waals surface area contributed by atoms with Gasteiger partial charge in [0.1, 0.15) is 11.2 Å². The van der Waals surface area contributed by atoms with E-state index in [1.807, 2.05) is 67.1 Å². The number of fused-ring (bicyclic) bond motifs is 2. The number of hydrogen-bond acceptors (Lipinski definition) is 8. The SMILES string of the molecule is c1ccc(C2(c3ncccn3)N(c3ccc[nH]3)c3ccccc3C(c3cc4ccccc4[nH]3)C2(c2cnccn2)c2cccnn2)nc1. The third-order valence-electron chi connectivity index (χ3n) is 9.38. The van der Waals surface area contributed by atoms with Gasteiger partial charge in [-0.1, -0.05) is 42.5 Å². The van der Waals surface area contributed by atoms with Crippen molar-refractivity contribution in [1.82, 2.24) is 45.1 Å². The van der Waals surface area contributed by atoms with Crippen LogP contribution >= 0.6 is 0 Å². The van der Waals surface area contributed by atoms with Gasteiger partial charge in [-0.15, -0.1) is 0 Å². The van der Waals surface area contributed by atoms with Crippen molar-refractivity contribution in [2.75, 3.05) is 4.90 Å². The van der Waals surface area contributed by atoms with E-state index in [0.717, 1.165) is 33.7 Å². The molecule has 0 fully saturated rings.